The molecule has 0 spiro atoms. The van der Waals surface area contributed by atoms with Crippen LogP contribution in [0.25, 0.3) is 0 Å². The van der Waals surface area contributed by atoms with Crippen LogP contribution in [-0.2, 0) is 6.54 Å². The van der Waals surface area contributed by atoms with E-state index in [9.17, 15) is 4.79 Å². The van der Waals surface area contributed by atoms with Crippen LogP contribution >= 0.6 is 15.9 Å². The van der Waals surface area contributed by atoms with Crippen LogP contribution < -0.4 is 4.90 Å². The highest BCUT2D eigenvalue weighted by Gasteiger charge is 2.06. The maximum Gasteiger partial charge on any atom is 0.335 e. The summed E-state index contributed by atoms with van der Waals surface area (Å²) in [7, 11) is 1.98. The molecule has 2 aromatic rings. The predicted octanol–water partition coefficient (Wildman–Crippen LogP) is 3.78. The molecule has 0 unspecified atom stereocenters. The molecule has 0 atom stereocenters. The number of carboxylic acid groups (broad SMARTS) is 1. The molecule has 0 aromatic heterocycles. The highest BCUT2D eigenvalue weighted by Crippen LogP contribution is 2.20. The highest BCUT2D eigenvalue weighted by atomic mass is 79.9. The summed E-state index contributed by atoms with van der Waals surface area (Å²) in [5, 5.41) is 8.98. The Bertz CT molecular complexity index is 598. The van der Waals surface area contributed by atoms with E-state index in [1.807, 2.05) is 37.4 Å². The first-order chi connectivity index (χ1) is 9.06. The number of nitrogens with zero attached hydrogens (tertiary/aromatic N) is 1. The lowest BCUT2D eigenvalue weighted by Gasteiger charge is -2.19. The van der Waals surface area contributed by atoms with E-state index < -0.39 is 5.97 Å². The summed E-state index contributed by atoms with van der Waals surface area (Å²) in [5.74, 6) is -0.896. The number of halogens is 1. The molecule has 0 fully saturated rings. The van der Waals surface area contributed by atoms with Crippen molar-refractivity contribution < 1.29 is 9.90 Å². The monoisotopic (exact) mass is 319 g/mol. The Morgan fingerprint density at radius 3 is 2.63 bits per heavy atom. The van der Waals surface area contributed by atoms with E-state index in [2.05, 4.69) is 20.8 Å². The molecule has 2 aromatic carbocycles. The summed E-state index contributed by atoms with van der Waals surface area (Å²) < 4.78 is 1.02. The summed E-state index contributed by atoms with van der Waals surface area (Å²) in [6.45, 7) is 0.664. The van der Waals surface area contributed by atoms with Gasteiger partial charge in [-0.3, -0.25) is 0 Å². The first-order valence-electron chi connectivity index (χ1n) is 5.85. The highest BCUT2D eigenvalue weighted by molar-refractivity contribution is 9.10. The van der Waals surface area contributed by atoms with Crippen LogP contribution in [0.2, 0.25) is 0 Å². The molecule has 0 radical (unpaired) electrons. The maximum absolute atomic E-state index is 10.9. The van der Waals surface area contributed by atoms with Crippen molar-refractivity contribution in [3.63, 3.8) is 0 Å². The summed E-state index contributed by atoms with van der Waals surface area (Å²) in [6.07, 6.45) is 0. The fourth-order valence-electron chi connectivity index (χ4n) is 1.88. The molecule has 2 rings (SSSR count). The molecule has 0 amide bonds. The van der Waals surface area contributed by atoms with Crippen LogP contribution in [0, 0.1) is 0 Å². The van der Waals surface area contributed by atoms with Gasteiger partial charge in [-0.15, -0.1) is 0 Å². The third-order valence-electron chi connectivity index (χ3n) is 2.84. The summed E-state index contributed by atoms with van der Waals surface area (Å²) >= 11 is 3.44. The number of aromatic carboxylic acids is 1. The Balaban J connectivity index is 2.17. The van der Waals surface area contributed by atoms with Gasteiger partial charge in [-0.25, -0.2) is 4.79 Å². The van der Waals surface area contributed by atoms with Gasteiger partial charge in [-0.2, -0.15) is 0 Å². The van der Waals surface area contributed by atoms with Crippen molar-refractivity contribution in [1.29, 1.82) is 0 Å². The van der Waals surface area contributed by atoms with Gasteiger partial charge in [0.1, 0.15) is 0 Å². The molecule has 1 N–H and O–H groups in total. The Morgan fingerprint density at radius 1 is 1.21 bits per heavy atom. The minimum absolute atomic E-state index is 0.320. The van der Waals surface area contributed by atoms with E-state index >= 15 is 0 Å². The van der Waals surface area contributed by atoms with Gasteiger partial charge in [0.2, 0.25) is 0 Å². The number of hydrogen-bond acceptors (Lipinski definition) is 2. The van der Waals surface area contributed by atoms with Crippen molar-refractivity contribution >= 4 is 27.6 Å². The van der Waals surface area contributed by atoms with E-state index in [0.29, 0.717) is 12.1 Å². The van der Waals surface area contributed by atoms with Gasteiger partial charge in [0, 0.05) is 23.8 Å². The van der Waals surface area contributed by atoms with Gasteiger partial charge < -0.3 is 10.0 Å². The quantitative estimate of drug-likeness (QED) is 0.932. The normalized spacial score (nSPS) is 10.2. The molecule has 19 heavy (non-hydrogen) atoms. The number of carboxylic acids is 1. The van der Waals surface area contributed by atoms with Gasteiger partial charge in [0.05, 0.1) is 5.56 Å². The van der Waals surface area contributed by atoms with E-state index in [4.69, 9.17) is 5.11 Å². The van der Waals surface area contributed by atoms with E-state index in [0.717, 1.165) is 15.7 Å². The molecule has 4 heteroatoms. The summed E-state index contributed by atoms with van der Waals surface area (Å²) in [4.78, 5) is 13.0. The zero-order valence-electron chi connectivity index (χ0n) is 10.5. The molecular weight excluding hydrogens is 306 g/mol. The maximum atomic E-state index is 10.9. The Morgan fingerprint density at radius 2 is 1.95 bits per heavy atom. The van der Waals surface area contributed by atoms with Crippen LogP contribution in [0.3, 0.4) is 0 Å². The van der Waals surface area contributed by atoms with Crippen LogP contribution in [-0.4, -0.2) is 18.1 Å². The topological polar surface area (TPSA) is 40.5 Å². The van der Waals surface area contributed by atoms with E-state index in [1.54, 1.807) is 18.2 Å². The number of carbonyl (C=O) groups is 1. The van der Waals surface area contributed by atoms with Crippen molar-refractivity contribution in [2.24, 2.45) is 0 Å². The number of benzene rings is 2. The number of hydrogen-bond donors (Lipinski definition) is 1. The number of rotatable bonds is 4. The second kappa shape index (κ2) is 5.89. The molecule has 3 nitrogen and oxygen atoms in total. The smallest absolute Gasteiger partial charge is 0.335 e. The minimum Gasteiger partial charge on any atom is -0.478 e. The predicted molar refractivity (Wildman–Crippen MR) is 79.7 cm³/mol. The zero-order valence-corrected chi connectivity index (χ0v) is 12.1. The SMILES string of the molecule is CN(Cc1cccc(C(=O)O)c1)c1cccc(Br)c1. The third-order valence-corrected chi connectivity index (χ3v) is 3.34. The lowest BCUT2D eigenvalue weighted by Crippen LogP contribution is -2.16. The van der Waals surface area contributed by atoms with Crippen LogP contribution in [0.1, 0.15) is 15.9 Å². The fourth-order valence-corrected chi connectivity index (χ4v) is 2.27. The van der Waals surface area contributed by atoms with E-state index in [-0.39, 0.29) is 0 Å². The van der Waals surface area contributed by atoms with Crippen molar-refractivity contribution in [3.8, 4) is 0 Å². The third kappa shape index (κ3) is 3.58. The Labute approximate surface area is 120 Å². The van der Waals surface area contributed by atoms with Crippen molar-refractivity contribution in [3.05, 3.63) is 64.1 Å². The lowest BCUT2D eigenvalue weighted by atomic mass is 10.1. The Hall–Kier alpha value is -1.81. The minimum atomic E-state index is -0.896. The zero-order chi connectivity index (χ0) is 13.8. The first kappa shape index (κ1) is 13.6. The number of anilines is 1. The average molecular weight is 320 g/mol. The molecular formula is C15H14BrNO2. The largest absolute Gasteiger partial charge is 0.478 e. The van der Waals surface area contributed by atoms with Crippen LogP contribution in [0.5, 0.6) is 0 Å². The molecule has 0 bridgehead atoms. The van der Waals surface area contributed by atoms with Crippen LogP contribution in [0.15, 0.2) is 53.0 Å². The summed E-state index contributed by atoms with van der Waals surface area (Å²) in [5.41, 5.74) is 2.37. The standard InChI is InChI=1S/C15H14BrNO2/c1-17(14-7-3-6-13(16)9-14)10-11-4-2-5-12(8-11)15(18)19/h2-9H,10H2,1H3,(H,18,19). The molecule has 0 aliphatic rings. The van der Waals surface area contributed by atoms with Gasteiger partial charge in [0.25, 0.3) is 0 Å². The van der Waals surface area contributed by atoms with Crippen LogP contribution in [0.4, 0.5) is 5.69 Å². The second-order valence-electron chi connectivity index (χ2n) is 4.34. The van der Waals surface area contributed by atoms with Gasteiger partial charge in [-0.05, 0) is 35.9 Å². The fraction of sp³-hybridized carbons (Fsp3) is 0.133. The molecule has 98 valence electrons. The first-order valence-corrected chi connectivity index (χ1v) is 6.64. The van der Waals surface area contributed by atoms with Gasteiger partial charge >= 0.3 is 5.97 Å². The summed E-state index contributed by atoms with van der Waals surface area (Å²) in [6, 6.07) is 15.0. The van der Waals surface area contributed by atoms with Gasteiger partial charge in [0.15, 0.2) is 0 Å². The molecule has 0 saturated carbocycles. The lowest BCUT2D eigenvalue weighted by molar-refractivity contribution is 0.0697. The molecule has 0 aliphatic heterocycles. The van der Waals surface area contributed by atoms with Crippen molar-refractivity contribution in [1.82, 2.24) is 0 Å². The van der Waals surface area contributed by atoms with E-state index in [1.165, 1.54) is 0 Å². The average Bonchev–Trinajstić information content (AvgIpc) is 2.39. The second-order valence-corrected chi connectivity index (χ2v) is 5.26. The van der Waals surface area contributed by atoms with Gasteiger partial charge in [-0.1, -0.05) is 34.1 Å². The van der Waals surface area contributed by atoms with Crippen molar-refractivity contribution in [2.45, 2.75) is 6.54 Å². The Kier molecular flexibility index (Phi) is 4.22. The molecule has 0 heterocycles. The molecule has 0 saturated heterocycles. The van der Waals surface area contributed by atoms with Crippen molar-refractivity contribution in [2.75, 3.05) is 11.9 Å². The molecule has 0 aliphatic carbocycles.